The number of likely N-dealkylation sites (tertiary alicyclic amines) is 1. The molecule has 2 fully saturated rings. The van der Waals surface area contributed by atoms with E-state index in [1.165, 1.54) is 0 Å². The molecule has 3 rings (SSSR count). The molecule has 2 saturated heterocycles. The van der Waals surface area contributed by atoms with Gasteiger partial charge in [-0.3, -0.25) is 9.48 Å². The molecule has 1 atom stereocenters. The van der Waals surface area contributed by atoms with Gasteiger partial charge in [-0.25, -0.2) is 4.79 Å². The summed E-state index contributed by atoms with van der Waals surface area (Å²) >= 11 is 0. The van der Waals surface area contributed by atoms with E-state index in [1.54, 1.807) is 10.9 Å². The first-order chi connectivity index (χ1) is 11.5. The standard InChI is InChI=1S/C13H20N4O.C2HF3O2/c1-15-6-3-4-13(10-15)5-7-17(12(13)18)11-8-14-16(2)9-11;3-2(4,5)1(6)7/h8-9H,3-7,10H2,1-2H3;(H,6,7). The second-order valence-corrected chi connectivity index (χ2v) is 6.50. The highest BCUT2D eigenvalue weighted by Gasteiger charge is 2.48. The number of halogens is 3. The molecule has 0 aromatic carbocycles. The van der Waals surface area contributed by atoms with Gasteiger partial charge in [0, 0.05) is 26.3 Å². The lowest BCUT2D eigenvalue weighted by atomic mass is 9.78. The van der Waals surface area contributed by atoms with Crippen molar-refractivity contribution in [2.75, 3.05) is 31.6 Å². The van der Waals surface area contributed by atoms with Crippen molar-refractivity contribution in [3.63, 3.8) is 0 Å². The summed E-state index contributed by atoms with van der Waals surface area (Å²) in [6, 6.07) is 0. The molecule has 1 unspecified atom stereocenters. The van der Waals surface area contributed by atoms with Crippen LogP contribution in [-0.2, 0) is 16.6 Å². The lowest BCUT2D eigenvalue weighted by Gasteiger charge is -2.36. The van der Waals surface area contributed by atoms with Crippen LogP contribution in [0.3, 0.4) is 0 Å². The normalized spacial score (nSPS) is 24.4. The first-order valence-corrected chi connectivity index (χ1v) is 7.84. The number of alkyl halides is 3. The molecule has 140 valence electrons. The van der Waals surface area contributed by atoms with Gasteiger partial charge in [0.2, 0.25) is 5.91 Å². The first kappa shape index (κ1) is 19.2. The van der Waals surface area contributed by atoms with Crippen LogP contribution in [0.2, 0.25) is 0 Å². The first-order valence-electron chi connectivity index (χ1n) is 7.84. The number of rotatable bonds is 1. The Morgan fingerprint density at radius 3 is 2.40 bits per heavy atom. The van der Waals surface area contributed by atoms with E-state index in [1.807, 2.05) is 18.1 Å². The molecule has 0 bridgehead atoms. The van der Waals surface area contributed by atoms with Crippen LogP contribution in [-0.4, -0.2) is 64.5 Å². The molecule has 0 aliphatic carbocycles. The van der Waals surface area contributed by atoms with Crippen molar-refractivity contribution in [2.24, 2.45) is 12.5 Å². The number of carbonyl (C=O) groups is 2. The maximum atomic E-state index is 12.7. The Morgan fingerprint density at radius 1 is 1.28 bits per heavy atom. The minimum Gasteiger partial charge on any atom is -0.475 e. The molecular weight excluding hydrogens is 341 g/mol. The largest absolute Gasteiger partial charge is 0.490 e. The van der Waals surface area contributed by atoms with Gasteiger partial charge in [0.15, 0.2) is 0 Å². The van der Waals surface area contributed by atoms with E-state index >= 15 is 0 Å². The lowest BCUT2D eigenvalue weighted by molar-refractivity contribution is -0.192. The van der Waals surface area contributed by atoms with Crippen molar-refractivity contribution in [2.45, 2.75) is 25.4 Å². The summed E-state index contributed by atoms with van der Waals surface area (Å²) in [7, 11) is 4.00. The van der Waals surface area contributed by atoms with Gasteiger partial charge in [0.1, 0.15) is 0 Å². The van der Waals surface area contributed by atoms with Crippen LogP contribution in [0.5, 0.6) is 0 Å². The van der Waals surface area contributed by atoms with Crippen LogP contribution in [0.15, 0.2) is 12.4 Å². The van der Waals surface area contributed by atoms with Gasteiger partial charge >= 0.3 is 12.1 Å². The highest BCUT2D eigenvalue weighted by Crippen LogP contribution is 2.41. The number of carbonyl (C=O) groups excluding carboxylic acids is 1. The Morgan fingerprint density at radius 2 is 1.92 bits per heavy atom. The molecule has 3 heterocycles. The molecular formula is C15H21F3N4O3. The average molecular weight is 362 g/mol. The minimum absolute atomic E-state index is 0.136. The van der Waals surface area contributed by atoms with Crippen LogP contribution in [0.1, 0.15) is 19.3 Å². The van der Waals surface area contributed by atoms with Crippen LogP contribution in [0.4, 0.5) is 18.9 Å². The Kier molecular flexibility index (Phi) is 5.40. The van der Waals surface area contributed by atoms with E-state index in [4.69, 9.17) is 9.90 Å². The summed E-state index contributed by atoms with van der Waals surface area (Å²) < 4.78 is 33.5. The summed E-state index contributed by atoms with van der Waals surface area (Å²) in [5, 5.41) is 11.3. The van der Waals surface area contributed by atoms with Crippen molar-refractivity contribution < 1.29 is 27.9 Å². The van der Waals surface area contributed by atoms with Gasteiger partial charge < -0.3 is 14.9 Å². The smallest absolute Gasteiger partial charge is 0.475 e. The number of amides is 1. The number of hydrogen-bond acceptors (Lipinski definition) is 4. The van der Waals surface area contributed by atoms with Crippen LogP contribution in [0, 0.1) is 5.41 Å². The highest BCUT2D eigenvalue weighted by atomic mass is 19.4. The summed E-state index contributed by atoms with van der Waals surface area (Å²) in [5.41, 5.74) is 0.802. The second-order valence-electron chi connectivity index (χ2n) is 6.50. The lowest BCUT2D eigenvalue weighted by Crippen LogP contribution is -2.46. The van der Waals surface area contributed by atoms with E-state index in [-0.39, 0.29) is 5.41 Å². The third-order valence-electron chi connectivity index (χ3n) is 4.53. The van der Waals surface area contributed by atoms with Crippen LogP contribution >= 0.6 is 0 Å². The van der Waals surface area contributed by atoms with Crippen molar-refractivity contribution >= 4 is 17.6 Å². The predicted octanol–water partition coefficient (Wildman–Crippen LogP) is 1.50. The monoisotopic (exact) mass is 362 g/mol. The molecule has 1 spiro atoms. The van der Waals surface area contributed by atoms with E-state index < -0.39 is 12.1 Å². The molecule has 10 heteroatoms. The maximum Gasteiger partial charge on any atom is 0.490 e. The van der Waals surface area contributed by atoms with E-state index in [0.717, 1.165) is 44.6 Å². The third kappa shape index (κ3) is 4.30. The van der Waals surface area contributed by atoms with Crippen molar-refractivity contribution in [3.8, 4) is 0 Å². The number of nitrogens with zero attached hydrogens (tertiary/aromatic N) is 4. The summed E-state index contributed by atoms with van der Waals surface area (Å²) in [5.74, 6) is -2.46. The second kappa shape index (κ2) is 7.03. The fraction of sp³-hybridized carbons (Fsp3) is 0.667. The summed E-state index contributed by atoms with van der Waals surface area (Å²) in [6.45, 7) is 2.85. The topological polar surface area (TPSA) is 78.7 Å². The van der Waals surface area contributed by atoms with Crippen LogP contribution < -0.4 is 4.90 Å². The van der Waals surface area contributed by atoms with Gasteiger partial charge in [-0.05, 0) is 32.9 Å². The van der Waals surface area contributed by atoms with Gasteiger partial charge in [-0.15, -0.1) is 0 Å². The number of aliphatic carboxylic acids is 1. The molecule has 1 N–H and O–H groups in total. The van der Waals surface area contributed by atoms with Crippen molar-refractivity contribution in [1.29, 1.82) is 0 Å². The van der Waals surface area contributed by atoms with Crippen molar-refractivity contribution in [1.82, 2.24) is 14.7 Å². The van der Waals surface area contributed by atoms with E-state index in [2.05, 4.69) is 17.0 Å². The average Bonchev–Trinajstić information content (AvgIpc) is 3.04. The van der Waals surface area contributed by atoms with Gasteiger partial charge in [-0.1, -0.05) is 0 Å². The minimum atomic E-state index is -5.08. The fourth-order valence-electron chi connectivity index (χ4n) is 3.36. The molecule has 25 heavy (non-hydrogen) atoms. The Hall–Kier alpha value is -2.10. The molecule has 0 saturated carbocycles. The van der Waals surface area contributed by atoms with E-state index in [9.17, 15) is 18.0 Å². The Balaban J connectivity index is 0.000000277. The van der Waals surface area contributed by atoms with E-state index in [0.29, 0.717) is 5.91 Å². The quantitative estimate of drug-likeness (QED) is 0.819. The third-order valence-corrected chi connectivity index (χ3v) is 4.53. The fourth-order valence-corrected chi connectivity index (χ4v) is 3.36. The number of carboxylic acids is 1. The number of anilines is 1. The van der Waals surface area contributed by atoms with Crippen molar-refractivity contribution in [3.05, 3.63) is 12.4 Å². The molecule has 0 radical (unpaired) electrons. The molecule has 2 aliphatic heterocycles. The SMILES string of the molecule is CN1CCCC2(CCN(c3cnn(C)c3)C2=O)C1.O=C(O)C(F)(F)F. The van der Waals surface area contributed by atoms with Gasteiger partial charge in [-0.2, -0.15) is 18.3 Å². The number of aryl methyl sites for hydroxylation is 1. The van der Waals surface area contributed by atoms with Gasteiger partial charge in [0.25, 0.3) is 0 Å². The maximum absolute atomic E-state index is 12.7. The summed E-state index contributed by atoms with van der Waals surface area (Å²) in [4.78, 5) is 25.8. The zero-order valence-electron chi connectivity index (χ0n) is 14.1. The number of aromatic nitrogens is 2. The molecule has 1 amide bonds. The van der Waals surface area contributed by atoms with Crippen LogP contribution in [0.25, 0.3) is 0 Å². The number of hydrogen-bond donors (Lipinski definition) is 1. The molecule has 1 aromatic rings. The molecule has 2 aliphatic rings. The Labute approximate surface area is 143 Å². The van der Waals surface area contributed by atoms with Gasteiger partial charge in [0.05, 0.1) is 17.3 Å². The zero-order chi connectivity index (χ0) is 18.8. The number of carboxylic acid groups (broad SMARTS) is 1. The summed E-state index contributed by atoms with van der Waals surface area (Å²) in [6.07, 6.45) is 1.76. The Bertz CT molecular complexity index is 646. The zero-order valence-corrected chi connectivity index (χ0v) is 14.1. The highest BCUT2D eigenvalue weighted by molar-refractivity contribution is 5.99. The predicted molar refractivity (Wildman–Crippen MR) is 83.0 cm³/mol. The number of piperidine rings is 1. The molecule has 7 nitrogen and oxygen atoms in total. The molecule has 1 aromatic heterocycles.